The van der Waals surface area contributed by atoms with Crippen LogP contribution in [0.5, 0.6) is 0 Å². The molecule has 3 heteroatoms. The molecule has 3 rings (SSSR count). The first-order chi connectivity index (χ1) is 8.25. The molecule has 1 N–H and O–H groups in total. The Kier molecular flexibility index (Phi) is 2.34. The molecule has 2 nitrogen and oxygen atoms in total. The summed E-state index contributed by atoms with van der Waals surface area (Å²) < 4.78 is 2.72. The fourth-order valence-electron chi connectivity index (χ4n) is 2.00. The maximum absolute atomic E-state index is 5.31. The van der Waals surface area contributed by atoms with E-state index < -0.39 is 0 Å². The Morgan fingerprint density at radius 1 is 1.06 bits per heavy atom. The summed E-state index contributed by atoms with van der Waals surface area (Å²) in [6.45, 7) is 2.09. The molecular weight excluding hydrogens is 228 g/mol. The van der Waals surface area contributed by atoms with Gasteiger partial charge in [-0.3, -0.25) is 4.40 Å². The van der Waals surface area contributed by atoms with E-state index in [1.807, 2.05) is 22.7 Å². The predicted octanol–water partition coefficient (Wildman–Crippen LogP) is 3.97. The largest absolute Gasteiger partial charge is 0.330 e. The molecular formula is C14H12N2S. The van der Waals surface area contributed by atoms with Crippen molar-refractivity contribution in [1.29, 1.82) is 0 Å². The molecule has 0 spiro atoms. The first-order valence-corrected chi connectivity index (χ1v) is 5.93. The van der Waals surface area contributed by atoms with Crippen molar-refractivity contribution in [3.05, 3.63) is 59.0 Å². The Balaban J connectivity index is 2.31. The van der Waals surface area contributed by atoms with Crippen LogP contribution < -0.4 is 0 Å². The van der Waals surface area contributed by atoms with Gasteiger partial charge in [0.15, 0.2) is 4.77 Å². The van der Waals surface area contributed by atoms with E-state index in [1.165, 1.54) is 5.56 Å². The number of imidazole rings is 1. The van der Waals surface area contributed by atoms with E-state index in [0.717, 1.165) is 21.5 Å². The molecule has 0 saturated carbocycles. The van der Waals surface area contributed by atoms with Crippen LogP contribution in [-0.2, 0) is 0 Å². The van der Waals surface area contributed by atoms with Crippen LogP contribution in [0.1, 0.15) is 5.56 Å². The van der Waals surface area contributed by atoms with Crippen LogP contribution in [-0.4, -0.2) is 9.38 Å². The average Bonchev–Trinajstić information content (AvgIpc) is 2.69. The van der Waals surface area contributed by atoms with Gasteiger partial charge >= 0.3 is 0 Å². The molecule has 3 aromatic rings. The van der Waals surface area contributed by atoms with E-state index in [-0.39, 0.29) is 0 Å². The zero-order chi connectivity index (χ0) is 11.8. The number of hydrogen-bond donors (Lipinski definition) is 1. The van der Waals surface area contributed by atoms with Crippen molar-refractivity contribution in [3.63, 3.8) is 0 Å². The Bertz CT molecular complexity index is 720. The topological polar surface area (TPSA) is 20.2 Å². The van der Waals surface area contributed by atoms with Gasteiger partial charge in [-0.1, -0.05) is 35.9 Å². The number of nitrogens with zero attached hydrogens (tertiary/aromatic N) is 1. The molecule has 0 radical (unpaired) electrons. The number of nitrogens with one attached hydrogen (secondary N) is 1. The lowest BCUT2D eigenvalue weighted by molar-refractivity contribution is 1.12. The van der Waals surface area contributed by atoms with Gasteiger partial charge in [0.2, 0.25) is 0 Å². The van der Waals surface area contributed by atoms with E-state index in [4.69, 9.17) is 12.2 Å². The molecule has 0 fully saturated rings. The van der Waals surface area contributed by atoms with Crippen LogP contribution in [0, 0.1) is 11.7 Å². The minimum absolute atomic E-state index is 0.733. The Morgan fingerprint density at radius 3 is 2.59 bits per heavy atom. The molecule has 2 heterocycles. The van der Waals surface area contributed by atoms with Crippen LogP contribution in [0.4, 0.5) is 0 Å². The Labute approximate surface area is 105 Å². The van der Waals surface area contributed by atoms with Gasteiger partial charge in [0, 0.05) is 11.8 Å². The van der Waals surface area contributed by atoms with Crippen molar-refractivity contribution < 1.29 is 0 Å². The Hall–Kier alpha value is -1.87. The number of aryl methyl sites for hydroxylation is 1. The molecule has 0 unspecified atom stereocenters. The number of benzene rings is 1. The van der Waals surface area contributed by atoms with E-state index in [0.29, 0.717) is 0 Å². The molecule has 0 atom stereocenters. The third-order valence-corrected chi connectivity index (χ3v) is 3.21. The normalized spacial score (nSPS) is 10.9. The van der Waals surface area contributed by atoms with Gasteiger partial charge in [-0.05, 0) is 31.3 Å². The lowest BCUT2D eigenvalue weighted by Gasteiger charge is -2.00. The van der Waals surface area contributed by atoms with Gasteiger partial charge in [0.25, 0.3) is 0 Å². The summed E-state index contributed by atoms with van der Waals surface area (Å²) in [5.74, 6) is 0. The highest BCUT2D eigenvalue weighted by Gasteiger charge is 2.06. The lowest BCUT2D eigenvalue weighted by Crippen LogP contribution is -1.82. The molecule has 0 aliphatic rings. The summed E-state index contributed by atoms with van der Waals surface area (Å²) >= 11 is 5.31. The minimum atomic E-state index is 0.733. The summed E-state index contributed by atoms with van der Waals surface area (Å²) in [7, 11) is 0. The van der Waals surface area contributed by atoms with E-state index in [2.05, 4.69) is 42.2 Å². The molecule has 0 aliphatic carbocycles. The van der Waals surface area contributed by atoms with E-state index in [9.17, 15) is 0 Å². The molecule has 1 aromatic carbocycles. The number of aromatic nitrogens is 2. The maximum Gasteiger partial charge on any atom is 0.182 e. The highest BCUT2D eigenvalue weighted by Crippen LogP contribution is 2.23. The monoisotopic (exact) mass is 240 g/mol. The van der Waals surface area contributed by atoms with Crippen molar-refractivity contribution in [2.45, 2.75) is 6.92 Å². The predicted molar refractivity (Wildman–Crippen MR) is 72.8 cm³/mol. The smallest absolute Gasteiger partial charge is 0.182 e. The fraction of sp³-hybridized carbons (Fsp3) is 0.0714. The molecule has 0 bridgehead atoms. The summed E-state index contributed by atoms with van der Waals surface area (Å²) in [5, 5.41) is 0. The number of fused-ring (bicyclic) bond motifs is 1. The number of hydrogen-bond acceptors (Lipinski definition) is 1. The third kappa shape index (κ3) is 1.68. The van der Waals surface area contributed by atoms with Gasteiger partial charge < -0.3 is 4.98 Å². The highest BCUT2D eigenvalue weighted by atomic mass is 32.1. The van der Waals surface area contributed by atoms with Crippen LogP contribution in [0.25, 0.3) is 16.8 Å². The van der Waals surface area contributed by atoms with Crippen molar-refractivity contribution >= 4 is 17.7 Å². The van der Waals surface area contributed by atoms with Crippen LogP contribution in [0.3, 0.4) is 0 Å². The zero-order valence-electron chi connectivity index (χ0n) is 9.47. The van der Waals surface area contributed by atoms with Crippen LogP contribution in [0.15, 0.2) is 48.7 Å². The van der Waals surface area contributed by atoms with Gasteiger partial charge in [-0.15, -0.1) is 0 Å². The maximum atomic E-state index is 5.31. The summed E-state index contributed by atoms with van der Waals surface area (Å²) in [6.07, 6.45) is 1.98. The first kappa shape index (κ1) is 10.3. The van der Waals surface area contributed by atoms with Gasteiger partial charge in [0.1, 0.15) is 0 Å². The van der Waals surface area contributed by atoms with Crippen molar-refractivity contribution in [2.75, 3.05) is 0 Å². The molecule has 0 saturated heterocycles. The third-order valence-electron chi connectivity index (χ3n) is 2.91. The van der Waals surface area contributed by atoms with Gasteiger partial charge in [-0.2, -0.15) is 0 Å². The highest BCUT2D eigenvalue weighted by molar-refractivity contribution is 7.71. The summed E-state index contributed by atoms with van der Waals surface area (Å²) in [6, 6.07) is 14.5. The van der Waals surface area contributed by atoms with Crippen molar-refractivity contribution in [1.82, 2.24) is 9.38 Å². The lowest BCUT2D eigenvalue weighted by atomic mass is 10.1. The second kappa shape index (κ2) is 3.86. The fourth-order valence-corrected chi connectivity index (χ4v) is 2.26. The number of rotatable bonds is 1. The quantitative estimate of drug-likeness (QED) is 0.638. The van der Waals surface area contributed by atoms with Gasteiger partial charge in [0.05, 0.1) is 11.2 Å². The standard InChI is InChI=1S/C14H12N2S/c1-10-5-7-11(8-6-10)13-12-4-2-3-9-16(12)14(17)15-13/h2-9H,1H3,(H,15,17). The molecule has 17 heavy (non-hydrogen) atoms. The van der Waals surface area contributed by atoms with E-state index in [1.54, 1.807) is 0 Å². The minimum Gasteiger partial charge on any atom is -0.330 e. The summed E-state index contributed by atoms with van der Waals surface area (Å²) in [5.41, 5.74) is 4.61. The van der Waals surface area contributed by atoms with Gasteiger partial charge in [-0.25, -0.2) is 0 Å². The zero-order valence-corrected chi connectivity index (χ0v) is 10.3. The average molecular weight is 240 g/mol. The van der Waals surface area contributed by atoms with Crippen LogP contribution >= 0.6 is 12.2 Å². The second-order valence-electron chi connectivity index (χ2n) is 4.13. The van der Waals surface area contributed by atoms with Crippen molar-refractivity contribution in [2.24, 2.45) is 0 Å². The SMILES string of the molecule is Cc1ccc(-c2[nH]c(=S)n3ccccc23)cc1. The second-order valence-corrected chi connectivity index (χ2v) is 4.51. The Morgan fingerprint density at radius 2 is 1.82 bits per heavy atom. The number of pyridine rings is 1. The summed E-state index contributed by atoms with van der Waals surface area (Å²) in [4.78, 5) is 3.27. The molecule has 0 amide bonds. The molecule has 2 aromatic heterocycles. The number of aromatic amines is 1. The molecule has 0 aliphatic heterocycles. The van der Waals surface area contributed by atoms with Crippen LogP contribution in [0.2, 0.25) is 0 Å². The first-order valence-electron chi connectivity index (χ1n) is 5.52. The molecule has 84 valence electrons. The van der Waals surface area contributed by atoms with Crippen molar-refractivity contribution in [3.8, 4) is 11.3 Å². The van der Waals surface area contributed by atoms with E-state index >= 15 is 0 Å². The number of H-pyrrole nitrogens is 1.